The van der Waals surface area contributed by atoms with E-state index in [2.05, 4.69) is 0 Å². The number of rotatable bonds is 3. The lowest BCUT2D eigenvalue weighted by Gasteiger charge is -2.34. The summed E-state index contributed by atoms with van der Waals surface area (Å²) in [4.78, 5) is 1.89. The van der Waals surface area contributed by atoms with E-state index >= 15 is 0 Å². The summed E-state index contributed by atoms with van der Waals surface area (Å²) in [5.74, 6) is -1.83. The van der Waals surface area contributed by atoms with Crippen molar-refractivity contribution in [2.45, 2.75) is 24.1 Å². The van der Waals surface area contributed by atoms with Crippen LogP contribution in [0.4, 0.5) is 0 Å². The monoisotopic (exact) mass is 249 g/mol. The molecule has 0 aliphatic carbocycles. The second-order valence-corrected chi connectivity index (χ2v) is 4.51. The third kappa shape index (κ3) is 2.60. The first-order chi connectivity index (χ1) is 8.07. The number of aliphatic hydroxyl groups excluding tert-OH is 3. The van der Waals surface area contributed by atoms with Crippen LogP contribution >= 0.6 is 0 Å². The van der Waals surface area contributed by atoms with E-state index in [0.717, 1.165) is 0 Å². The molecular formula is C10H19NO6. The molecule has 4 atom stereocenters. The van der Waals surface area contributed by atoms with Gasteiger partial charge < -0.3 is 29.9 Å². The molecule has 0 spiro atoms. The zero-order valence-corrected chi connectivity index (χ0v) is 9.53. The van der Waals surface area contributed by atoms with Gasteiger partial charge in [0.25, 0.3) is 0 Å². The minimum absolute atomic E-state index is 0.0884. The smallest absolute Gasteiger partial charge is 0.208 e. The summed E-state index contributed by atoms with van der Waals surface area (Å²) in [7, 11) is 0. The molecule has 0 aromatic rings. The number of aliphatic hydroxyl groups is 4. The topological polar surface area (TPSA) is 103 Å². The average molecular weight is 249 g/mol. The Bertz CT molecular complexity index is 259. The summed E-state index contributed by atoms with van der Waals surface area (Å²) in [6.45, 7) is 2.06. The van der Waals surface area contributed by atoms with E-state index in [-0.39, 0.29) is 6.54 Å². The number of hydrogen-bond acceptors (Lipinski definition) is 7. The van der Waals surface area contributed by atoms with Crippen LogP contribution in [0.1, 0.15) is 0 Å². The van der Waals surface area contributed by atoms with Crippen LogP contribution in [0.2, 0.25) is 0 Å². The third-order valence-corrected chi connectivity index (χ3v) is 3.26. The first-order valence-electron chi connectivity index (χ1n) is 5.74. The quantitative estimate of drug-likeness (QED) is 0.426. The predicted octanol–water partition coefficient (Wildman–Crippen LogP) is -2.88. The van der Waals surface area contributed by atoms with Gasteiger partial charge in [-0.2, -0.15) is 0 Å². The largest absolute Gasteiger partial charge is 0.394 e. The molecule has 2 aliphatic rings. The van der Waals surface area contributed by atoms with E-state index in [1.165, 1.54) is 0 Å². The Labute approximate surface area is 99.2 Å². The first-order valence-corrected chi connectivity index (χ1v) is 5.74. The van der Waals surface area contributed by atoms with Crippen molar-refractivity contribution in [3.8, 4) is 0 Å². The highest BCUT2D eigenvalue weighted by atomic mass is 16.7. The molecule has 0 bridgehead atoms. The highest BCUT2D eigenvalue weighted by molar-refractivity contribution is 4.97. The number of nitrogens with zero attached hydrogens (tertiary/aromatic N) is 1. The van der Waals surface area contributed by atoms with Crippen molar-refractivity contribution in [2.24, 2.45) is 0 Å². The van der Waals surface area contributed by atoms with E-state index in [1.807, 2.05) is 4.90 Å². The van der Waals surface area contributed by atoms with Crippen molar-refractivity contribution in [1.82, 2.24) is 4.90 Å². The van der Waals surface area contributed by atoms with Crippen molar-refractivity contribution in [3.05, 3.63) is 0 Å². The molecule has 0 radical (unpaired) electrons. The Hall–Kier alpha value is -0.280. The van der Waals surface area contributed by atoms with Gasteiger partial charge in [-0.15, -0.1) is 0 Å². The lowest BCUT2D eigenvalue weighted by molar-refractivity contribution is -0.241. The summed E-state index contributed by atoms with van der Waals surface area (Å²) in [5, 5.41) is 38.4. The molecule has 7 nitrogen and oxygen atoms in total. The summed E-state index contributed by atoms with van der Waals surface area (Å²) in [6.07, 6.45) is -3.63. The fourth-order valence-electron chi connectivity index (χ4n) is 2.23. The molecule has 4 N–H and O–H groups in total. The average Bonchev–Trinajstić information content (AvgIpc) is 2.55. The predicted molar refractivity (Wildman–Crippen MR) is 56.2 cm³/mol. The molecule has 17 heavy (non-hydrogen) atoms. The number of hydrogen-bond donors (Lipinski definition) is 4. The van der Waals surface area contributed by atoms with Gasteiger partial charge in [0, 0.05) is 13.1 Å². The lowest BCUT2D eigenvalue weighted by atomic mass is 10.0. The van der Waals surface area contributed by atoms with Gasteiger partial charge in [-0.25, -0.2) is 0 Å². The maximum Gasteiger partial charge on any atom is 0.208 e. The maximum atomic E-state index is 10.2. The van der Waals surface area contributed by atoms with Gasteiger partial charge in [0.05, 0.1) is 26.4 Å². The molecular weight excluding hydrogens is 230 g/mol. The fourth-order valence-corrected chi connectivity index (χ4v) is 2.23. The van der Waals surface area contributed by atoms with Crippen molar-refractivity contribution >= 4 is 0 Å². The zero-order chi connectivity index (χ0) is 12.5. The van der Waals surface area contributed by atoms with E-state index in [1.54, 1.807) is 0 Å². The highest BCUT2D eigenvalue weighted by Crippen LogP contribution is 2.30. The van der Waals surface area contributed by atoms with Crippen LogP contribution in [-0.2, 0) is 9.47 Å². The van der Waals surface area contributed by atoms with Gasteiger partial charge in [0.2, 0.25) is 5.79 Å². The van der Waals surface area contributed by atoms with Gasteiger partial charge in [0.1, 0.15) is 18.3 Å². The van der Waals surface area contributed by atoms with Crippen molar-refractivity contribution in [2.75, 3.05) is 39.5 Å². The zero-order valence-electron chi connectivity index (χ0n) is 9.53. The lowest BCUT2D eigenvalue weighted by Crippen LogP contribution is -2.53. The molecule has 100 valence electrons. The molecule has 0 aromatic carbocycles. The Kier molecular flexibility index (Phi) is 3.99. The minimum Gasteiger partial charge on any atom is -0.394 e. The normalized spacial score (nSPS) is 44.1. The van der Waals surface area contributed by atoms with Gasteiger partial charge in [0.15, 0.2) is 0 Å². The molecule has 7 heteroatoms. The Morgan fingerprint density at radius 3 is 2.41 bits per heavy atom. The van der Waals surface area contributed by atoms with Crippen LogP contribution in [0.25, 0.3) is 0 Å². The summed E-state index contributed by atoms with van der Waals surface area (Å²) in [6, 6.07) is 0. The molecule has 2 heterocycles. The number of morpholine rings is 1. The van der Waals surface area contributed by atoms with Gasteiger partial charge in [-0.3, -0.25) is 4.90 Å². The van der Waals surface area contributed by atoms with Crippen LogP contribution in [0.15, 0.2) is 0 Å². The van der Waals surface area contributed by atoms with Crippen LogP contribution < -0.4 is 0 Å². The van der Waals surface area contributed by atoms with Crippen molar-refractivity contribution in [1.29, 1.82) is 0 Å². The molecule has 2 rings (SSSR count). The Morgan fingerprint density at radius 2 is 1.88 bits per heavy atom. The van der Waals surface area contributed by atoms with Gasteiger partial charge in [-0.1, -0.05) is 0 Å². The van der Waals surface area contributed by atoms with Crippen molar-refractivity contribution in [3.63, 3.8) is 0 Å². The van der Waals surface area contributed by atoms with E-state index in [0.29, 0.717) is 26.3 Å². The first kappa shape index (κ1) is 13.2. The van der Waals surface area contributed by atoms with E-state index in [9.17, 15) is 15.3 Å². The number of ether oxygens (including phenoxy) is 2. The van der Waals surface area contributed by atoms with Crippen LogP contribution in [0, 0.1) is 0 Å². The molecule has 2 saturated heterocycles. The SMILES string of the molecule is OCC1OC(O)(CN2CCOCC2)C(O)C1O. The minimum atomic E-state index is -1.83. The second kappa shape index (κ2) is 5.15. The highest BCUT2D eigenvalue weighted by Gasteiger charge is 2.53. The maximum absolute atomic E-state index is 10.2. The molecule has 0 amide bonds. The Morgan fingerprint density at radius 1 is 1.24 bits per heavy atom. The standard InChI is InChI=1S/C10H19NO6/c12-5-7-8(13)9(14)10(15,17-7)6-11-1-3-16-4-2-11/h7-9,12-15H,1-6H2. The van der Waals surface area contributed by atoms with Gasteiger partial charge >= 0.3 is 0 Å². The summed E-state index contributed by atoms with van der Waals surface area (Å²) >= 11 is 0. The molecule has 0 aromatic heterocycles. The van der Waals surface area contributed by atoms with Crippen LogP contribution in [-0.4, -0.2) is 88.9 Å². The van der Waals surface area contributed by atoms with E-state index in [4.69, 9.17) is 14.6 Å². The number of β-amino-alcohol motifs (C(OH)–C–C–N with tert-alkyl or cyclic N) is 1. The van der Waals surface area contributed by atoms with Gasteiger partial charge in [-0.05, 0) is 0 Å². The van der Waals surface area contributed by atoms with Crippen LogP contribution in [0.5, 0.6) is 0 Å². The van der Waals surface area contributed by atoms with E-state index < -0.39 is 30.7 Å². The fraction of sp³-hybridized carbons (Fsp3) is 1.00. The Balaban J connectivity index is 1.98. The van der Waals surface area contributed by atoms with Crippen LogP contribution in [0.3, 0.4) is 0 Å². The summed E-state index contributed by atoms with van der Waals surface area (Å²) < 4.78 is 10.3. The van der Waals surface area contributed by atoms with Crippen molar-refractivity contribution < 1.29 is 29.9 Å². The molecule has 0 saturated carbocycles. The third-order valence-electron chi connectivity index (χ3n) is 3.26. The molecule has 4 unspecified atom stereocenters. The second-order valence-electron chi connectivity index (χ2n) is 4.51. The molecule has 2 fully saturated rings. The summed E-state index contributed by atoms with van der Waals surface area (Å²) in [5.41, 5.74) is 0. The molecule has 2 aliphatic heterocycles.